The number of hydrogen-bond donors (Lipinski definition) is 3. The van der Waals surface area contributed by atoms with Crippen molar-refractivity contribution in [1.29, 1.82) is 0 Å². The van der Waals surface area contributed by atoms with Crippen molar-refractivity contribution >= 4 is 23.4 Å². The number of nitrogens with one attached hydrogen (secondary N) is 2. The molecule has 0 fully saturated rings. The van der Waals surface area contributed by atoms with E-state index in [-0.39, 0.29) is 11.7 Å². The predicted octanol–water partition coefficient (Wildman–Crippen LogP) is 4.92. The van der Waals surface area contributed by atoms with Gasteiger partial charge >= 0.3 is 12.4 Å². The highest BCUT2D eigenvalue weighted by molar-refractivity contribution is 6.02. The van der Waals surface area contributed by atoms with E-state index in [0.29, 0.717) is 34.2 Å². The number of hydrogen-bond acceptors (Lipinski definition) is 6. The number of alkyl halides is 3. The Balaban J connectivity index is 1.36. The van der Waals surface area contributed by atoms with Gasteiger partial charge in [-0.2, -0.15) is 0 Å². The molecular formula is C25H22F3N7O3. The van der Waals surface area contributed by atoms with Gasteiger partial charge in [-0.05, 0) is 79.2 Å². The molecule has 4 aromatic rings. The van der Waals surface area contributed by atoms with Crippen LogP contribution in [0.1, 0.15) is 5.56 Å². The Morgan fingerprint density at radius 2 is 1.71 bits per heavy atom. The van der Waals surface area contributed by atoms with E-state index in [1.807, 2.05) is 6.92 Å². The SMILES string of the molecule is COc1ccc(N=C(N)NC(=O)Nc2ccc(-c3ncn(-c4ccc(OC(F)(F)F)cc4)n3)cc2)c(C)c1. The first-order chi connectivity index (χ1) is 18.1. The molecule has 0 aliphatic carbocycles. The Morgan fingerprint density at radius 1 is 1.03 bits per heavy atom. The van der Waals surface area contributed by atoms with Crippen molar-refractivity contribution in [2.24, 2.45) is 10.7 Å². The van der Waals surface area contributed by atoms with Gasteiger partial charge in [0.05, 0.1) is 18.5 Å². The molecule has 0 aliphatic heterocycles. The number of aliphatic imine (C=N–C) groups is 1. The Bertz CT molecular complexity index is 1450. The van der Waals surface area contributed by atoms with E-state index in [2.05, 4.69) is 30.4 Å². The summed E-state index contributed by atoms with van der Waals surface area (Å²) < 4.78 is 47.4. The number of rotatable bonds is 6. The molecule has 0 spiro atoms. The van der Waals surface area contributed by atoms with Crippen LogP contribution in [0.25, 0.3) is 17.1 Å². The van der Waals surface area contributed by atoms with Gasteiger partial charge in [0.15, 0.2) is 5.82 Å². The van der Waals surface area contributed by atoms with Crippen LogP contribution >= 0.6 is 0 Å². The molecule has 0 bridgehead atoms. The van der Waals surface area contributed by atoms with Gasteiger partial charge in [-0.25, -0.2) is 19.5 Å². The molecule has 0 saturated heterocycles. The zero-order valence-corrected chi connectivity index (χ0v) is 20.2. The maximum absolute atomic E-state index is 12.3. The van der Waals surface area contributed by atoms with Crippen LogP contribution < -0.4 is 25.8 Å². The van der Waals surface area contributed by atoms with Gasteiger partial charge in [0.2, 0.25) is 5.96 Å². The number of nitrogens with two attached hydrogens (primary N) is 1. The minimum atomic E-state index is -4.76. The summed E-state index contributed by atoms with van der Waals surface area (Å²) in [7, 11) is 1.57. The van der Waals surface area contributed by atoms with Crippen molar-refractivity contribution in [3.8, 4) is 28.6 Å². The van der Waals surface area contributed by atoms with Gasteiger partial charge in [0.1, 0.15) is 17.8 Å². The van der Waals surface area contributed by atoms with E-state index < -0.39 is 12.4 Å². The predicted molar refractivity (Wildman–Crippen MR) is 135 cm³/mol. The highest BCUT2D eigenvalue weighted by Gasteiger charge is 2.31. The monoisotopic (exact) mass is 525 g/mol. The van der Waals surface area contributed by atoms with Crippen LogP contribution in [0.5, 0.6) is 11.5 Å². The average Bonchev–Trinajstić information content (AvgIpc) is 3.35. The van der Waals surface area contributed by atoms with Gasteiger partial charge in [-0.3, -0.25) is 5.32 Å². The molecule has 0 saturated carbocycles. The molecular weight excluding hydrogens is 503 g/mol. The van der Waals surface area contributed by atoms with Crippen molar-refractivity contribution in [3.05, 3.63) is 78.6 Å². The van der Waals surface area contributed by atoms with Crippen LogP contribution in [-0.2, 0) is 0 Å². The molecule has 0 aliphatic rings. The van der Waals surface area contributed by atoms with Crippen LogP contribution in [0.4, 0.5) is 29.3 Å². The molecule has 0 radical (unpaired) electrons. The summed E-state index contributed by atoms with van der Waals surface area (Å²) in [5.74, 6) is 0.644. The second-order valence-corrected chi connectivity index (χ2v) is 7.86. The smallest absolute Gasteiger partial charge is 0.497 e. The lowest BCUT2D eigenvalue weighted by atomic mass is 10.2. The van der Waals surface area contributed by atoms with Gasteiger partial charge in [0, 0.05) is 11.3 Å². The summed E-state index contributed by atoms with van der Waals surface area (Å²) in [6, 6.07) is 16.6. The third-order valence-corrected chi connectivity index (χ3v) is 5.11. The molecule has 2 amide bonds. The number of carbonyl (C=O) groups excluding carboxylic acids is 1. The van der Waals surface area contributed by atoms with Crippen molar-refractivity contribution in [3.63, 3.8) is 0 Å². The first kappa shape index (κ1) is 26.0. The standard InChI is InChI=1S/C25H22F3N7O3/c1-15-13-20(37-2)11-12-21(15)32-23(29)33-24(36)31-17-5-3-16(4-6-17)22-30-14-35(34-22)18-7-9-19(10-8-18)38-25(26,27)28/h3-14H,1-2H3,(H4,29,31,32,33,36). The number of anilines is 1. The second-order valence-electron chi connectivity index (χ2n) is 7.86. The fourth-order valence-corrected chi connectivity index (χ4v) is 3.34. The molecule has 38 heavy (non-hydrogen) atoms. The Morgan fingerprint density at radius 3 is 2.34 bits per heavy atom. The fourth-order valence-electron chi connectivity index (χ4n) is 3.34. The van der Waals surface area contributed by atoms with Crippen LogP contribution in [0.3, 0.4) is 0 Å². The molecule has 0 unspecified atom stereocenters. The summed E-state index contributed by atoms with van der Waals surface area (Å²) in [5.41, 5.74) is 8.91. The van der Waals surface area contributed by atoms with E-state index in [1.165, 1.54) is 35.3 Å². The number of carbonyl (C=O) groups is 1. The average molecular weight is 525 g/mol. The number of aromatic nitrogens is 3. The number of amides is 2. The van der Waals surface area contributed by atoms with Crippen molar-refractivity contribution in [2.75, 3.05) is 12.4 Å². The van der Waals surface area contributed by atoms with E-state index in [9.17, 15) is 18.0 Å². The summed E-state index contributed by atoms with van der Waals surface area (Å²) in [6.07, 6.45) is -3.33. The van der Waals surface area contributed by atoms with Gasteiger partial charge in [-0.1, -0.05) is 0 Å². The first-order valence-electron chi connectivity index (χ1n) is 11.0. The lowest BCUT2D eigenvalue weighted by molar-refractivity contribution is -0.274. The molecule has 0 atom stereocenters. The molecule has 1 heterocycles. The Kier molecular flexibility index (Phi) is 7.46. The molecule has 4 rings (SSSR count). The summed E-state index contributed by atoms with van der Waals surface area (Å²) >= 11 is 0. The molecule has 3 aromatic carbocycles. The maximum Gasteiger partial charge on any atom is 0.573 e. The van der Waals surface area contributed by atoms with E-state index in [4.69, 9.17) is 10.5 Å². The summed E-state index contributed by atoms with van der Waals surface area (Å²) in [6.45, 7) is 1.84. The Labute approximate surface area is 214 Å². The topological polar surface area (TPSA) is 129 Å². The minimum Gasteiger partial charge on any atom is -0.497 e. The normalized spacial score (nSPS) is 11.7. The zero-order valence-electron chi connectivity index (χ0n) is 20.2. The fraction of sp³-hybridized carbons (Fsp3) is 0.120. The van der Waals surface area contributed by atoms with Crippen LogP contribution in [-0.4, -0.2) is 40.2 Å². The van der Waals surface area contributed by atoms with Crippen molar-refractivity contribution < 1.29 is 27.4 Å². The number of nitrogens with zero attached hydrogens (tertiary/aromatic N) is 4. The maximum atomic E-state index is 12.3. The molecule has 196 valence electrons. The number of methoxy groups -OCH3 is 1. The zero-order chi connectivity index (χ0) is 27.3. The minimum absolute atomic E-state index is 0.0832. The largest absolute Gasteiger partial charge is 0.573 e. The van der Waals surface area contributed by atoms with Gasteiger partial charge in [-0.15, -0.1) is 18.3 Å². The highest BCUT2D eigenvalue weighted by atomic mass is 19.4. The number of benzene rings is 3. The lowest BCUT2D eigenvalue weighted by Crippen LogP contribution is -2.39. The number of aryl methyl sites for hydroxylation is 1. The van der Waals surface area contributed by atoms with Crippen molar-refractivity contribution in [2.45, 2.75) is 13.3 Å². The van der Waals surface area contributed by atoms with Crippen molar-refractivity contribution in [1.82, 2.24) is 20.1 Å². The van der Waals surface area contributed by atoms with Crippen LogP contribution in [0, 0.1) is 6.92 Å². The number of ether oxygens (including phenoxy) is 2. The van der Waals surface area contributed by atoms with Crippen LogP contribution in [0.15, 0.2) is 78.0 Å². The molecule has 13 heteroatoms. The second kappa shape index (κ2) is 10.9. The molecule has 4 N–H and O–H groups in total. The number of guanidine groups is 1. The summed E-state index contributed by atoms with van der Waals surface area (Å²) in [4.78, 5) is 20.8. The number of halogens is 3. The van der Waals surface area contributed by atoms with Gasteiger partial charge < -0.3 is 20.5 Å². The van der Waals surface area contributed by atoms with Gasteiger partial charge in [0.25, 0.3) is 0 Å². The van der Waals surface area contributed by atoms with E-state index >= 15 is 0 Å². The van der Waals surface area contributed by atoms with Crippen LogP contribution in [0.2, 0.25) is 0 Å². The number of urea groups is 1. The molecule has 10 nitrogen and oxygen atoms in total. The lowest BCUT2D eigenvalue weighted by Gasteiger charge is -2.09. The third-order valence-electron chi connectivity index (χ3n) is 5.11. The quantitative estimate of drug-likeness (QED) is 0.242. The first-order valence-corrected chi connectivity index (χ1v) is 11.0. The third kappa shape index (κ3) is 6.78. The van der Waals surface area contributed by atoms with E-state index in [0.717, 1.165) is 5.56 Å². The van der Waals surface area contributed by atoms with E-state index in [1.54, 1.807) is 49.6 Å². The Hall–Kier alpha value is -5.07. The highest BCUT2D eigenvalue weighted by Crippen LogP contribution is 2.25. The molecule has 1 aromatic heterocycles. The summed E-state index contributed by atoms with van der Waals surface area (Å²) in [5, 5.41) is 9.46.